The smallest absolute Gasteiger partial charge is 0.309 e. The number of rotatable bonds is 6. The lowest BCUT2D eigenvalue weighted by molar-refractivity contribution is -0.139. The van der Waals surface area contributed by atoms with Gasteiger partial charge in [-0.3, -0.25) is 4.79 Å². The van der Waals surface area contributed by atoms with E-state index in [1.165, 1.54) is 7.11 Å². The molecule has 8 nitrogen and oxygen atoms in total. The van der Waals surface area contributed by atoms with Crippen LogP contribution in [-0.4, -0.2) is 38.6 Å². The molecule has 160 valence electrons. The lowest BCUT2D eigenvalue weighted by Gasteiger charge is -2.11. The van der Waals surface area contributed by atoms with E-state index in [1.807, 2.05) is 0 Å². The molecule has 0 amide bonds. The predicted octanol–water partition coefficient (Wildman–Crippen LogP) is 3.09. The summed E-state index contributed by atoms with van der Waals surface area (Å²) in [7, 11) is -0.392. The molecule has 0 atom stereocenters. The topological polar surface area (TPSA) is 105 Å². The first-order valence-electron chi connectivity index (χ1n) is 9.45. The van der Waals surface area contributed by atoms with E-state index in [2.05, 4.69) is 14.7 Å². The molecule has 2 heterocycles. The van der Waals surface area contributed by atoms with Crippen LogP contribution in [0.4, 0.5) is 0 Å². The number of hydrogen-bond acceptors (Lipinski definition) is 8. The van der Waals surface area contributed by atoms with Crippen LogP contribution in [0.2, 0.25) is 0 Å². The van der Waals surface area contributed by atoms with E-state index in [9.17, 15) is 13.2 Å². The third-order valence-electron chi connectivity index (χ3n) is 4.84. The minimum absolute atomic E-state index is 0.150. The second-order valence-corrected chi connectivity index (χ2v) is 9.10. The maximum atomic E-state index is 12.2. The van der Waals surface area contributed by atoms with Crippen LogP contribution >= 0.6 is 0 Å². The summed E-state index contributed by atoms with van der Waals surface area (Å²) in [5, 5.41) is 0. The van der Waals surface area contributed by atoms with E-state index >= 15 is 0 Å². The summed E-state index contributed by atoms with van der Waals surface area (Å²) in [5.74, 6) is 1.09. The van der Waals surface area contributed by atoms with Crippen LogP contribution in [0.15, 0.2) is 48.5 Å². The molecular formula is C22H20N2O6S. The Hall–Kier alpha value is -3.46. The molecule has 0 radical (unpaired) electrons. The summed E-state index contributed by atoms with van der Waals surface area (Å²) < 4.78 is 40.2. The van der Waals surface area contributed by atoms with Crippen LogP contribution in [0.5, 0.6) is 17.4 Å². The second kappa shape index (κ2) is 8.35. The monoisotopic (exact) mass is 440 g/mol. The van der Waals surface area contributed by atoms with Gasteiger partial charge in [-0.25, -0.2) is 13.4 Å². The number of fused-ring (bicyclic) bond motifs is 1. The predicted molar refractivity (Wildman–Crippen MR) is 113 cm³/mol. The van der Waals surface area contributed by atoms with Gasteiger partial charge in [0.15, 0.2) is 15.7 Å². The number of hydrogen-bond donors (Lipinski definition) is 0. The lowest BCUT2D eigenvalue weighted by Crippen LogP contribution is -2.04. The molecule has 1 aromatic heterocycles. The first-order chi connectivity index (χ1) is 14.9. The van der Waals surface area contributed by atoms with Crippen molar-refractivity contribution in [1.29, 1.82) is 0 Å². The summed E-state index contributed by atoms with van der Waals surface area (Å²) in [5.41, 5.74) is 2.40. The van der Waals surface area contributed by atoms with Crippen molar-refractivity contribution in [2.75, 3.05) is 14.2 Å². The summed E-state index contributed by atoms with van der Waals surface area (Å²) in [6.07, 6.45) is 0.152. The first-order valence-corrected chi connectivity index (χ1v) is 11.3. The quantitative estimate of drug-likeness (QED) is 0.539. The van der Waals surface area contributed by atoms with Gasteiger partial charge in [0.25, 0.3) is 0 Å². The fourth-order valence-corrected chi connectivity index (χ4v) is 4.72. The van der Waals surface area contributed by atoms with Gasteiger partial charge in [-0.1, -0.05) is 12.1 Å². The molecule has 3 aromatic rings. The molecular weight excluding hydrogens is 420 g/mol. The number of aromatic nitrogens is 2. The molecule has 1 aliphatic heterocycles. The van der Waals surface area contributed by atoms with E-state index in [4.69, 9.17) is 9.47 Å². The highest BCUT2D eigenvalue weighted by Crippen LogP contribution is 2.35. The minimum atomic E-state index is -3.31. The minimum Gasteiger partial charge on any atom is -0.497 e. The van der Waals surface area contributed by atoms with Gasteiger partial charge < -0.3 is 14.2 Å². The molecule has 0 saturated heterocycles. The Morgan fingerprint density at radius 3 is 2.26 bits per heavy atom. The maximum absolute atomic E-state index is 12.2. The number of sulfone groups is 1. The van der Waals surface area contributed by atoms with Gasteiger partial charge in [-0.15, -0.1) is 0 Å². The Balaban J connectivity index is 1.67. The largest absolute Gasteiger partial charge is 0.497 e. The number of carbonyl (C=O) groups excluding carboxylic acids is 1. The molecule has 0 aliphatic carbocycles. The number of nitrogens with zero attached hydrogens (tertiary/aromatic N) is 2. The molecule has 0 bridgehead atoms. The third kappa shape index (κ3) is 4.66. The van der Waals surface area contributed by atoms with Gasteiger partial charge in [-0.05, 0) is 42.0 Å². The number of ether oxygens (including phenoxy) is 3. The third-order valence-corrected chi connectivity index (χ3v) is 6.28. The van der Waals surface area contributed by atoms with Gasteiger partial charge in [0.05, 0.1) is 43.4 Å². The molecule has 0 N–H and O–H groups in total. The summed E-state index contributed by atoms with van der Waals surface area (Å²) >= 11 is 0. The molecule has 1 aliphatic rings. The van der Waals surface area contributed by atoms with E-state index in [1.54, 1.807) is 55.6 Å². The van der Waals surface area contributed by atoms with Crippen molar-refractivity contribution >= 4 is 15.8 Å². The van der Waals surface area contributed by atoms with Gasteiger partial charge in [0.2, 0.25) is 5.88 Å². The van der Waals surface area contributed by atoms with Crippen molar-refractivity contribution in [3.05, 3.63) is 65.4 Å². The van der Waals surface area contributed by atoms with Crippen molar-refractivity contribution in [2.24, 2.45) is 0 Å². The standard InChI is InChI=1S/C22H20N2O6S/c1-28-16-9-5-15(6-10-16)21-23-19-13-31(26,27)12-18(19)22(24-21)30-17-7-3-14(4-8-17)11-20(25)29-2/h3-10H,11-13H2,1-2H3. The van der Waals surface area contributed by atoms with Crippen LogP contribution in [0.1, 0.15) is 16.8 Å². The normalized spacial score (nSPS) is 14.0. The number of methoxy groups -OCH3 is 2. The number of carbonyl (C=O) groups is 1. The van der Waals surface area contributed by atoms with Gasteiger partial charge in [-0.2, -0.15) is 4.98 Å². The fraction of sp³-hybridized carbons (Fsp3) is 0.227. The first kappa shape index (κ1) is 20.8. The molecule has 0 unspecified atom stereocenters. The summed E-state index contributed by atoms with van der Waals surface area (Å²) in [6.45, 7) is 0. The molecule has 31 heavy (non-hydrogen) atoms. The second-order valence-electron chi connectivity index (χ2n) is 7.04. The van der Waals surface area contributed by atoms with Crippen LogP contribution in [-0.2, 0) is 37.3 Å². The Morgan fingerprint density at radius 2 is 1.61 bits per heavy atom. The molecule has 0 spiro atoms. The van der Waals surface area contributed by atoms with E-state index in [0.717, 1.165) is 5.56 Å². The maximum Gasteiger partial charge on any atom is 0.309 e. The average molecular weight is 440 g/mol. The zero-order valence-corrected chi connectivity index (χ0v) is 17.8. The van der Waals surface area contributed by atoms with Crippen LogP contribution in [0, 0.1) is 0 Å². The molecule has 2 aromatic carbocycles. The highest BCUT2D eigenvalue weighted by Gasteiger charge is 2.31. The molecule has 0 saturated carbocycles. The van der Waals surface area contributed by atoms with Gasteiger partial charge in [0.1, 0.15) is 11.5 Å². The van der Waals surface area contributed by atoms with E-state index < -0.39 is 9.84 Å². The van der Waals surface area contributed by atoms with Crippen molar-refractivity contribution < 1.29 is 27.4 Å². The van der Waals surface area contributed by atoms with Crippen molar-refractivity contribution in [2.45, 2.75) is 17.9 Å². The fourth-order valence-electron chi connectivity index (χ4n) is 3.23. The molecule has 0 fully saturated rings. The number of benzene rings is 2. The van der Waals surface area contributed by atoms with Crippen LogP contribution < -0.4 is 9.47 Å². The Labute approximate surface area is 179 Å². The molecule has 9 heteroatoms. The van der Waals surface area contributed by atoms with Crippen LogP contribution in [0.3, 0.4) is 0 Å². The van der Waals surface area contributed by atoms with Crippen molar-refractivity contribution in [3.8, 4) is 28.8 Å². The van der Waals surface area contributed by atoms with Gasteiger partial charge in [0, 0.05) is 5.56 Å². The molecule has 4 rings (SSSR count). The Bertz CT molecular complexity index is 1220. The van der Waals surface area contributed by atoms with E-state index in [0.29, 0.717) is 34.1 Å². The lowest BCUT2D eigenvalue weighted by atomic mass is 10.1. The van der Waals surface area contributed by atoms with Gasteiger partial charge >= 0.3 is 5.97 Å². The zero-order valence-electron chi connectivity index (χ0n) is 17.0. The van der Waals surface area contributed by atoms with Crippen LogP contribution in [0.25, 0.3) is 11.4 Å². The number of esters is 1. The average Bonchev–Trinajstić information content (AvgIpc) is 3.09. The zero-order chi connectivity index (χ0) is 22.0. The van der Waals surface area contributed by atoms with Crippen molar-refractivity contribution in [1.82, 2.24) is 9.97 Å². The Morgan fingerprint density at radius 1 is 0.935 bits per heavy atom. The Kier molecular flexibility index (Phi) is 5.60. The van der Waals surface area contributed by atoms with E-state index in [-0.39, 0.29) is 29.8 Å². The summed E-state index contributed by atoms with van der Waals surface area (Å²) in [4.78, 5) is 20.4. The highest BCUT2D eigenvalue weighted by molar-refractivity contribution is 7.90. The SMILES string of the molecule is COC(=O)Cc1ccc(Oc2nc(-c3ccc(OC)cc3)nc3c2CS(=O)(=O)C3)cc1. The summed E-state index contributed by atoms with van der Waals surface area (Å²) in [6, 6.07) is 14.0. The highest BCUT2D eigenvalue weighted by atomic mass is 32.2. The van der Waals surface area contributed by atoms with Crippen molar-refractivity contribution in [3.63, 3.8) is 0 Å².